The van der Waals surface area contributed by atoms with Crippen LogP contribution < -0.4 is 0 Å². The fourth-order valence-corrected chi connectivity index (χ4v) is 2.88. The molecule has 0 radical (unpaired) electrons. The number of aromatic nitrogens is 4. The molecule has 7 heteroatoms. The van der Waals surface area contributed by atoms with E-state index >= 15 is 0 Å². The molecule has 0 aliphatic rings. The van der Waals surface area contributed by atoms with Crippen LogP contribution in [0.15, 0.2) is 61.1 Å². The molecule has 0 spiro atoms. The van der Waals surface area contributed by atoms with E-state index in [-0.39, 0.29) is 0 Å². The van der Waals surface area contributed by atoms with Crippen LogP contribution in [0.5, 0.6) is 0 Å². The summed E-state index contributed by atoms with van der Waals surface area (Å²) in [5.74, 6) is 0. The highest BCUT2D eigenvalue weighted by molar-refractivity contribution is 5.80. The molecule has 136 valence electrons. The molecule has 0 saturated carbocycles. The Hall–Kier alpha value is -3.22. The van der Waals surface area contributed by atoms with Gasteiger partial charge < -0.3 is 0 Å². The minimum Gasteiger partial charge on any atom is -0.261 e. The second kappa shape index (κ2) is 6.50. The Morgan fingerprint density at radius 2 is 1.78 bits per heavy atom. The first-order valence-corrected chi connectivity index (χ1v) is 8.31. The van der Waals surface area contributed by atoms with Crippen molar-refractivity contribution in [1.82, 2.24) is 19.7 Å². The number of hydrogen-bond donors (Lipinski definition) is 0. The van der Waals surface area contributed by atoms with Gasteiger partial charge in [0.25, 0.3) is 0 Å². The number of pyridine rings is 2. The van der Waals surface area contributed by atoms with Gasteiger partial charge >= 0.3 is 6.18 Å². The summed E-state index contributed by atoms with van der Waals surface area (Å²) >= 11 is 0. The minimum absolute atomic E-state index is 0.462. The zero-order valence-corrected chi connectivity index (χ0v) is 14.4. The molecule has 3 heterocycles. The van der Waals surface area contributed by atoms with E-state index < -0.39 is 11.7 Å². The van der Waals surface area contributed by atoms with Gasteiger partial charge in [0.1, 0.15) is 5.52 Å². The third-order valence-corrected chi connectivity index (χ3v) is 4.32. The Balaban J connectivity index is 1.73. The van der Waals surface area contributed by atoms with Gasteiger partial charge in [-0.3, -0.25) is 14.6 Å². The summed E-state index contributed by atoms with van der Waals surface area (Å²) < 4.78 is 40.7. The van der Waals surface area contributed by atoms with Gasteiger partial charge in [0.2, 0.25) is 0 Å². The summed E-state index contributed by atoms with van der Waals surface area (Å²) in [7, 11) is 0. The number of nitrogens with zero attached hydrogens (tertiary/aromatic N) is 4. The smallest absolute Gasteiger partial charge is 0.261 e. The fraction of sp³-hybridized carbons (Fsp3) is 0.150. The van der Waals surface area contributed by atoms with Crippen LogP contribution in [0.25, 0.3) is 22.2 Å². The largest absolute Gasteiger partial charge is 0.416 e. The van der Waals surface area contributed by atoms with E-state index in [0.717, 1.165) is 28.9 Å². The van der Waals surface area contributed by atoms with Crippen LogP contribution >= 0.6 is 0 Å². The topological polar surface area (TPSA) is 43.6 Å². The molecule has 4 nitrogen and oxygen atoms in total. The molecule has 0 unspecified atom stereocenters. The van der Waals surface area contributed by atoms with E-state index in [1.165, 1.54) is 6.07 Å². The maximum Gasteiger partial charge on any atom is 0.416 e. The van der Waals surface area contributed by atoms with Crippen molar-refractivity contribution in [3.8, 4) is 11.1 Å². The molecule has 0 fully saturated rings. The molecule has 0 atom stereocenters. The van der Waals surface area contributed by atoms with Crippen molar-refractivity contribution in [2.45, 2.75) is 19.6 Å². The monoisotopic (exact) mass is 368 g/mol. The van der Waals surface area contributed by atoms with Gasteiger partial charge in [-0.15, -0.1) is 0 Å². The van der Waals surface area contributed by atoms with E-state index in [1.54, 1.807) is 29.3 Å². The molecular formula is C20H15F3N4. The Morgan fingerprint density at radius 1 is 0.926 bits per heavy atom. The average molecular weight is 368 g/mol. The predicted octanol–water partition coefficient (Wildman–Crippen LogP) is 4.87. The van der Waals surface area contributed by atoms with Crippen molar-refractivity contribution in [3.05, 3.63) is 77.9 Å². The van der Waals surface area contributed by atoms with Crippen molar-refractivity contribution in [2.75, 3.05) is 0 Å². The van der Waals surface area contributed by atoms with Crippen molar-refractivity contribution in [1.29, 1.82) is 0 Å². The molecule has 4 aromatic rings. The first-order valence-electron chi connectivity index (χ1n) is 8.31. The lowest BCUT2D eigenvalue weighted by Crippen LogP contribution is -2.04. The van der Waals surface area contributed by atoms with Crippen LogP contribution in [0.1, 0.15) is 16.8 Å². The van der Waals surface area contributed by atoms with Crippen LogP contribution in [0.2, 0.25) is 0 Å². The number of rotatable bonds is 3. The van der Waals surface area contributed by atoms with E-state index in [0.29, 0.717) is 23.2 Å². The number of benzene rings is 1. The second-order valence-electron chi connectivity index (χ2n) is 6.32. The zero-order valence-electron chi connectivity index (χ0n) is 14.4. The molecule has 27 heavy (non-hydrogen) atoms. The number of fused-ring (bicyclic) bond motifs is 1. The number of halogens is 3. The summed E-state index contributed by atoms with van der Waals surface area (Å²) in [5, 5.41) is 4.35. The van der Waals surface area contributed by atoms with E-state index in [1.807, 2.05) is 25.1 Å². The Morgan fingerprint density at radius 3 is 2.52 bits per heavy atom. The third-order valence-electron chi connectivity index (χ3n) is 4.32. The lowest BCUT2D eigenvalue weighted by molar-refractivity contribution is -0.137. The second-order valence-corrected chi connectivity index (χ2v) is 6.32. The van der Waals surface area contributed by atoms with Crippen LogP contribution in [-0.4, -0.2) is 19.7 Å². The van der Waals surface area contributed by atoms with Gasteiger partial charge in [-0.25, -0.2) is 0 Å². The summed E-state index contributed by atoms with van der Waals surface area (Å²) in [4.78, 5) is 8.62. The first kappa shape index (κ1) is 17.2. The van der Waals surface area contributed by atoms with E-state index in [9.17, 15) is 13.2 Å². The molecule has 0 aliphatic carbocycles. The maximum absolute atomic E-state index is 13.0. The first-order chi connectivity index (χ1) is 12.9. The molecule has 0 aliphatic heterocycles. The predicted molar refractivity (Wildman–Crippen MR) is 96.0 cm³/mol. The Labute approximate surface area is 153 Å². The Bertz CT molecular complexity index is 1100. The van der Waals surface area contributed by atoms with E-state index in [2.05, 4.69) is 15.1 Å². The van der Waals surface area contributed by atoms with Crippen molar-refractivity contribution in [2.24, 2.45) is 0 Å². The summed E-state index contributed by atoms with van der Waals surface area (Å²) in [6, 6.07) is 10.9. The highest BCUT2D eigenvalue weighted by Crippen LogP contribution is 2.32. The molecular weight excluding hydrogens is 353 g/mol. The van der Waals surface area contributed by atoms with Crippen LogP contribution in [0, 0.1) is 6.92 Å². The highest BCUT2D eigenvalue weighted by Gasteiger charge is 2.30. The summed E-state index contributed by atoms with van der Waals surface area (Å²) in [5.41, 5.74) is 3.74. The molecule has 4 rings (SSSR count). The summed E-state index contributed by atoms with van der Waals surface area (Å²) in [6.45, 7) is 2.42. The van der Waals surface area contributed by atoms with Crippen molar-refractivity contribution in [3.63, 3.8) is 0 Å². The standard InChI is InChI=1S/C20H15F3N4/c1-13-5-6-14(9-24-13)12-27-19-8-16(10-25-18(19)11-26-27)15-3-2-4-17(7-15)20(21,22)23/h2-11H,12H2,1H3. The van der Waals surface area contributed by atoms with Gasteiger partial charge in [-0.1, -0.05) is 18.2 Å². The van der Waals surface area contributed by atoms with Gasteiger partial charge in [0.15, 0.2) is 0 Å². The van der Waals surface area contributed by atoms with Crippen molar-refractivity contribution < 1.29 is 13.2 Å². The molecule has 0 N–H and O–H groups in total. The van der Waals surface area contributed by atoms with Gasteiger partial charge in [0, 0.05) is 23.7 Å². The quantitative estimate of drug-likeness (QED) is 0.518. The molecule has 0 bridgehead atoms. The summed E-state index contributed by atoms with van der Waals surface area (Å²) in [6.07, 6.45) is 0.616. The highest BCUT2D eigenvalue weighted by atomic mass is 19.4. The average Bonchev–Trinajstić information content (AvgIpc) is 3.05. The lowest BCUT2D eigenvalue weighted by atomic mass is 10.0. The fourth-order valence-electron chi connectivity index (χ4n) is 2.88. The third kappa shape index (κ3) is 3.53. The van der Waals surface area contributed by atoms with Crippen LogP contribution in [-0.2, 0) is 12.7 Å². The Kier molecular flexibility index (Phi) is 4.14. The maximum atomic E-state index is 13.0. The van der Waals surface area contributed by atoms with Gasteiger partial charge in [-0.05, 0) is 42.3 Å². The molecule has 1 aromatic carbocycles. The van der Waals surface area contributed by atoms with Crippen molar-refractivity contribution >= 4 is 11.0 Å². The normalized spacial score (nSPS) is 11.9. The minimum atomic E-state index is -4.38. The lowest BCUT2D eigenvalue weighted by Gasteiger charge is -2.09. The number of alkyl halides is 3. The molecule has 0 saturated heterocycles. The number of aryl methyl sites for hydroxylation is 1. The SMILES string of the molecule is Cc1ccc(Cn2ncc3ncc(-c4cccc(C(F)(F)F)c4)cc32)cn1. The van der Waals surface area contributed by atoms with Crippen LogP contribution in [0.4, 0.5) is 13.2 Å². The van der Waals surface area contributed by atoms with Gasteiger partial charge in [-0.2, -0.15) is 18.3 Å². The molecule has 0 amide bonds. The van der Waals surface area contributed by atoms with Crippen LogP contribution in [0.3, 0.4) is 0 Å². The zero-order chi connectivity index (χ0) is 19.0. The van der Waals surface area contributed by atoms with E-state index in [4.69, 9.17) is 0 Å². The number of hydrogen-bond acceptors (Lipinski definition) is 3. The molecule has 3 aromatic heterocycles. The van der Waals surface area contributed by atoms with Gasteiger partial charge in [0.05, 0.1) is 23.8 Å².